The first-order chi connectivity index (χ1) is 10.2. The Morgan fingerprint density at radius 1 is 0.727 bits per heavy atom. The van der Waals surface area contributed by atoms with Gasteiger partial charge in [-0.2, -0.15) is 0 Å². The highest BCUT2D eigenvalue weighted by Gasteiger charge is 2.49. The molecule has 7 atom stereocenters. The van der Waals surface area contributed by atoms with Crippen molar-refractivity contribution in [2.45, 2.75) is 86.0 Å². The molecule has 4 fully saturated rings. The van der Waals surface area contributed by atoms with Crippen LogP contribution in [0.1, 0.15) is 86.0 Å². The first-order valence-electron chi connectivity index (χ1n) is 9.89. The van der Waals surface area contributed by atoms with Crippen LogP contribution in [0.15, 0.2) is 12.2 Å². The van der Waals surface area contributed by atoms with Crippen LogP contribution in [-0.4, -0.2) is 0 Å². The van der Waals surface area contributed by atoms with E-state index in [1.54, 1.807) is 37.7 Å². The lowest BCUT2D eigenvalue weighted by molar-refractivity contribution is -0.0268. The maximum Gasteiger partial charge on any atom is -0.0289 e. The highest BCUT2D eigenvalue weighted by molar-refractivity contribution is 5.10. The van der Waals surface area contributed by atoms with E-state index in [1.807, 2.05) is 13.8 Å². The van der Waals surface area contributed by atoms with E-state index in [-0.39, 0.29) is 7.43 Å². The monoisotopic (exact) mass is 304 g/mol. The molecule has 0 heteroatoms. The lowest BCUT2D eigenvalue weighted by Crippen LogP contribution is -2.44. The SMILES string of the molecule is C.C=C1CC2CCC3C4CCC(C)CC4CCC3C2C1.CC. The van der Waals surface area contributed by atoms with E-state index in [0.29, 0.717) is 0 Å². The quantitative estimate of drug-likeness (QED) is 0.418. The molecule has 0 aromatic heterocycles. The third-order valence-electron chi connectivity index (χ3n) is 7.38. The van der Waals surface area contributed by atoms with Crippen molar-refractivity contribution < 1.29 is 0 Å². The zero-order chi connectivity index (χ0) is 15.0. The largest absolute Gasteiger partial charge is 0.0998 e. The van der Waals surface area contributed by atoms with Gasteiger partial charge in [0.25, 0.3) is 0 Å². The minimum absolute atomic E-state index is 0. The normalized spacial score (nSPS) is 46.3. The van der Waals surface area contributed by atoms with Crippen LogP contribution in [0.3, 0.4) is 0 Å². The summed E-state index contributed by atoms with van der Waals surface area (Å²) in [7, 11) is 0. The summed E-state index contributed by atoms with van der Waals surface area (Å²) in [5, 5.41) is 0. The topological polar surface area (TPSA) is 0 Å². The van der Waals surface area contributed by atoms with Gasteiger partial charge in [0.1, 0.15) is 0 Å². The molecule has 4 aliphatic rings. The molecule has 0 aliphatic heterocycles. The summed E-state index contributed by atoms with van der Waals surface area (Å²) in [6.45, 7) is 10.8. The van der Waals surface area contributed by atoms with E-state index in [1.165, 1.54) is 25.7 Å². The Balaban J connectivity index is 0.000000566. The summed E-state index contributed by atoms with van der Waals surface area (Å²) < 4.78 is 0. The molecule has 4 saturated carbocycles. The lowest BCUT2D eigenvalue weighted by Gasteiger charge is -2.52. The van der Waals surface area contributed by atoms with Crippen molar-refractivity contribution in [3.63, 3.8) is 0 Å². The van der Waals surface area contributed by atoms with E-state index in [0.717, 1.165) is 41.4 Å². The van der Waals surface area contributed by atoms with Crippen molar-refractivity contribution >= 4 is 0 Å². The second-order valence-corrected chi connectivity index (χ2v) is 8.41. The molecule has 0 nitrogen and oxygen atoms in total. The summed E-state index contributed by atoms with van der Waals surface area (Å²) >= 11 is 0. The third-order valence-corrected chi connectivity index (χ3v) is 7.38. The Morgan fingerprint density at radius 3 is 2.05 bits per heavy atom. The molecule has 128 valence electrons. The Labute approximate surface area is 140 Å². The van der Waals surface area contributed by atoms with E-state index in [2.05, 4.69) is 13.5 Å². The first kappa shape index (κ1) is 18.1. The van der Waals surface area contributed by atoms with Crippen molar-refractivity contribution in [2.24, 2.45) is 41.4 Å². The third kappa shape index (κ3) is 3.17. The number of hydrogen-bond donors (Lipinski definition) is 0. The second kappa shape index (κ2) is 7.54. The minimum atomic E-state index is 0. The molecule has 0 radical (unpaired) electrons. The molecular weight excluding hydrogens is 264 g/mol. The van der Waals surface area contributed by atoms with Gasteiger partial charge in [-0.1, -0.05) is 46.8 Å². The van der Waals surface area contributed by atoms with Gasteiger partial charge in [0.05, 0.1) is 0 Å². The molecule has 0 heterocycles. The molecule has 7 unspecified atom stereocenters. The van der Waals surface area contributed by atoms with Crippen molar-refractivity contribution in [3.8, 4) is 0 Å². The van der Waals surface area contributed by atoms with Crippen LogP contribution in [0.5, 0.6) is 0 Å². The minimum Gasteiger partial charge on any atom is -0.0998 e. The van der Waals surface area contributed by atoms with Crippen LogP contribution >= 0.6 is 0 Å². The molecule has 22 heavy (non-hydrogen) atoms. The zero-order valence-corrected chi connectivity index (χ0v) is 14.6. The molecule has 0 aromatic rings. The molecule has 0 amide bonds. The van der Waals surface area contributed by atoms with Gasteiger partial charge in [-0.3, -0.25) is 0 Å². The van der Waals surface area contributed by atoms with E-state index in [9.17, 15) is 0 Å². The van der Waals surface area contributed by atoms with Gasteiger partial charge < -0.3 is 0 Å². The fourth-order valence-corrected chi connectivity index (χ4v) is 6.64. The fraction of sp³-hybridized carbons (Fsp3) is 0.909. The first-order valence-corrected chi connectivity index (χ1v) is 9.89. The standard InChI is InChI=1S/C19H30.C2H6.CH4/c1-12-3-6-16-14(9-12)4-8-18-17(16)7-5-15-10-13(2)11-19(15)18;1-2;/h12,14-19H,2-11H2,1H3;1-2H3;1H4. The van der Waals surface area contributed by atoms with Gasteiger partial charge >= 0.3 is 0 Å². The van der Waals surface area contributed by atoms with Gasteiger partial charge in [0, 0.05) is 0 Å². The Kier molecular flexibility index (Phi) is 6.20. The van der Waals surface area contributed by atoms with Crippen LogP contribution in [0.2, 0.25) is 0 Å². The van der Waals surface area contributed by atoms with Crippen molar-refractivity contribution in [3.05, 3.63) is 12.2 Å². The van der Waals surface area contributed by atoms with E-state index < -0.39 is 0 Å². The summed E-state index contributed by atoms with van der Waals surface area (Å²) in [5.41, 5.74) is 1.58. The summed E-state index contributed by atoms with van der Waals surface area (Å²) in [6.07, 6.45) is 13.6. The van der Waals surface area contributed by atoms with E-state index in [4.69, 9.17) is 0 Å². The van der Waals surface area contributed by atoms with Crippen molar-refractivity contribution in [1.82, 2.24) is 0 Å². The van der Waals surface area contributed by atoms with Gasteiger partial charge in [-0.05, 0) is 92.8 Å². The zero-order valence-electron chi connectivity index (χ0n) is 14.6. The second-order valence-electron chi connectivity index (χ2n) is 8.41. The van der Waals surface area contributed by atoms with E-state index >= 15 is 0 Å². The Bertz CT molecular complexity index is 368. The average molecular weight is 305 g/mol. The average Bonchev–Trinajstić information content (AvgIpc) is 2.89. The summed E-state index contributed by atoms with van der Waals surface area (Å²) in [4.78, 5) is 0. The van der Waals surface area contributed by atoms with Crippen LogP contribution in [0.25, 0.3) is 0 Å². The Hall–Kier alpha value is -0.260. The summed E-state index contributed by atoms with van der Waals surface area (Å²) in [6, 6.07) is 0. The maximum atomic E-state index is 4.31. The van der Waals surface area contributed by atoms with Gasteiger partial charge in [0.15, 0.2) is 0 Å². The molecule has 0 spiro atoms. The molecule has 4 rings (SSSR count). The molecule has 4 aliphatic carbocycles. The molecule has 0 bridgehead atoms. The van der Waals surface area contributed by atoms with Crippen LogP contribution < -0.4 is 0 Å². The highest BCUT2D eigenvalue weighted by atomic mass is 14.5. The van der Waals surface area contributed by atoms with Crippen LogP contribution in [0.4, 0.5) is 0 Å². The number of allylic oxidation sites excluding steroid dienone is 1. The van der Waals surface area contributed by atoms with Crippen molar-refractivity contribution in [2.75, 3.05) is 0 Å². The smallest absolute Gasteiger partial charge is 0.0289 e. The number of rotatable bonds is 0. The number of hydrogen-bond acceptors (Lipinski definition) is 0. The molecular formula is C22H40. The highest BCUT2D eigenvalue weighted by Crippen LogP contribution is 2.58. The van der Waals surface area contributed by atoms with Gasteiger partial charge in [-0.25, -0.2) is 0 Å². The molecule has 0 saturated heterocycles. The van der Waals surface area contributed by atoms with Crippen LogP contribution in [-0.2, 0) is 0 Å². The van der Waals surface area contributed by atoms with Gasteiger partial charge in [0.2, 0.25) is 0 Å². The molecule has 0 N–H and O–H groups in total. The number of fused-ring (bicyclic) bond motifs is 5. The van der Waals surface area contributed by atoms with Crippen molar-refractivity contribution in [1.29, 1.82) is 0 Å². The fourth-order valence-electron chi connectivity index (χ4n) is 6.64. The van der Waals surface area contributed by atoms with Crippen LogP contribution in [0, 0.1) is 41.4 Å². The maximum absolute atomic E-state index is 4.31. The predicted octanol–water partition coefficient (Wildman–Crippen LogP) is 7.10. The van der Waals surface area contributed by atoms with Gasteiger partial charge in [-0.15, -0.1) is 0 Å². The molecule has 0 aromatic carbocycles. The Morgan fingerprint density at radius 2 is 1.32 bits per heavy atom. The predicted molar refractivity (Wildman–Crippen MR) is 98.9 cm³/mol. The summed E-state index contributed by atoms with van der Waals surface area (Å²) in [5.74, 6) is 7.52. The lowest BCUT2D eigenvalue weighted by atomic mass is 9.53.